The van der Waals surface area contributed by atoms with E-state index < -0.39 is 0 Å². The Hall–Kier alpha value is -1.36. The second kappa shape index (κ2) is 8.15. The van der Waals surface area contributed by atoms with Crippen LogP contribution in [-0.2, 0) is 13.5 Å². The summed E-state index contributed by atoms with van der Waals surface area (Å²) in [6, 6.07) is 7.59. The Kier molecular flexibility index (Phi) is 5.93. The molecule has 24 heavy (non-hydrogen) atoms. The first-order valence-electron chi connectivity index (χ1n) is 8.75. The average molecular weight is 348 g/mol. The number of likely N-dealkylation sites (tertiary alicyclic amines) is 1. The van der Waals surface area contributed by atoms with E-state index in [1.165, 1.54) is 5.56 Å². The number of benzene rings is 1. The van der Waals surface area contributed by atoms with Gasteiger partial charge in [-0.2, -0.15) is 5.10 Å². The molecule has 0 amide bonds. The Morgan fingerprint density at radius 2 is 1.96 bits per heavy atom. The summed E-state index contributed by atoms with van der Waals surface area (Å²) >= 11 is 5.92. The molecule has 0 radical (unpaired) electrons. The number of halogens is 1. The van der Waals surface area contributed by atoms with Gasteiger partial charge in [0.1, 0.15) is 0 Å². The molecule has 130 valence electrons. The van der Waals surface area contributed by atoms with Crippen molar-refractivity contribution in [2.45, 2.75) is 31.8 Å². The molecule has 1 N–H and O–H groups in total. The monoisotopic (exact) mass is 347 g/mol. The van der Waals surface area contributed by atoms with E-state index in [9.17, 15) is 5.11 Å². The number of hydrogen-bond donors (Lipinski definition) is 1. The molecule has 5 heteroatoms. The van der Waals surface area contributed by atoms with Crippen molar-refractivity contribution in [2.24, 2.45) is 13.0 Å². The van der Waals surface area contributed by atoms with Crippen LogP contribution in [0.1, 0.15) is 36.5 Å². The predicted molar refractivity (Wildman–Crippen MR) is 97.1 cm³/mol. The second-order valence-electron chi connectivity index (χ2n) is 6.80. The Labute approximate surface area is 149 Å². The van der Waals surface area contributed by atoms with Crippen LogP contribution in [0.25, 0.3) is 0 Å². The van der Waals surface area contributed by atoms with Gasteiger partial charge < -0.3 is 10.0 Å². The summed E-state index contributed by atoms with van der Waals surface area (Å²) in [6.45, 7) is 3.27. The number of aryl methyl sites for hydroxylation is 2. The third-order valence-corrected chi connectivity index (χ3v) is 5.24. The average Bonchev–Trinajstić information content (AvgIpc) is 3.01. The van der Waals surface area contributed by atoms with Crippen molar-refractivity contribution in [3.63, 3.8) is 0 Å². The molecule has 1 aliphatic heterocycles. The summed E-state index contributed by atoms with van der Waals surface area (Å²) in [5.41, 5.74) is 2.29. The lowest BCUT2D eigenvalue weighted by Gasteiger charge is -2.34. The van der Waals surface area contributed by atoms with E-state index in [-0.39, 0.29) is 6.10 Å². The van der Waals surface area contributed by atoms with Crippen LogP contribution >= 0.6 is 11.6 Å². The van der Waals surface area contributed by atoms with Crippen molar-refractivity contribution in [3.8, 4) is 0 Å². The normalized spacial score (nSPS) is 18.0. The fraction of sp³-hybridized carbons (Fsp3) is 0.526. The molecule has 3 rings (SSSR count). The molecule has 4 nitrogen and oxygen atoms in total. The maximum Gasteiger partial charge on any atom is 0.0819 e. The van der Waals surface area contributed by atoms with Gasteiger partial charge in [-0.25, -0.2) is 0 Å². The van der Waals surface area contributed by atoms with Crippen molar-refractivity contribution in [2.75, 3.05) is 19.6 Å². The van der Waals surface area contributed by atoms with Crippen LogP contribution in [-0.4, -0.2) is 39.4 Å². The van der Waals surface area contributed by atoms with Crippen LogP contribution in [0.4, 0.5) is 0 Å². The molecule has 1 fully saturated rings. The molecule has 1 atom stereocenters. The highest BCUT2D eigenvalue weighted by Gasteiger charge is 2.25. The van der Waals surface area contributed by atoms with E-state index in [0.717, 1.165) is 55.9 Å². The minimum Gasteiger partial charge on any atom is -0.388 e. The van der Waals surface area contributed by atoms with E-state index >= 15 is 0 Å². The van der Waals surface area contributed by atoms with Crippen molar-refractivity contribution in [1.29, 1.82) is 0 Å². The standard InChI is InChI=1S/C19H26ClN3O/c1-22-14-15(13-21-22)3-2-10-23-11-8-17(9-12-23)19(24)16-4-6-18(20)7-5-16/h4-7,13-14,17,19,24H,2-3,8-12H2,1H3. The summed E-state index contributed by atoms with van der Waals surface area (Å²) in [5.74, 6) is 0.348. The minimum absolute atomic E-state index is 0.348. The van der Waals surface area contributed by atoms with Crippen LogP contribution in [0.5, 0.6) is 0 Å². The van der Waals surface area contributed by atoms with Crippen molar-refractivity contribution >= 4 is 11.6 Å². The van der Waals surface area contributed by atoms with E-state index in [4.69, 9.17) is 11.6 Å². The zero-order valence-corrected chi connectivity index (χ0v) is 15.0. The van der Waals surface area contributed by atoms with Crippen molar-refractivity contribution in [3.05, 3.63) is 52.8 Å². The molecule has 0 spiro atoms. The fourth-order valence-electron chi connectivity index (χ4n) is 3.53. The summed E-state index contributed by atoms with van der Waals surface area (Å²) in [7, 11) is 1.96. The molecular weight excluding hydrogens is 322 g/mol. The van der Waals surface area contributed by atoms with Crippen molar-refractivity contribution < 1.29 is 5.11 Å². The van der Waals surface area contributed by atoms with Crippen LogP contribution in [0, 0.1) is 5.92 Å². The maximum atomic E-state index is 10.6. The number of hydrogen-bond acceptors (Lipinski definition) is 3. The smallest absolute Gasteiger partial charge is 0.0819 e. The van der Waals surface area contributed by atoms with Gasteiger partial charge in [0.25, 0.3) is 0 Å². The SMILES string of the molecule is Cn1cc(CCCN2CCC(C(O)c3ccc(Cl)cc3)CC2)cn1. The predicted octanol–water partition coefficient (Wildman–Crippen LogP) is 3.45. The molecular formula is C19H26ClN3O. The van der Waals surface area contributed by atoms with Gasteiger partial charge in [-0.15, -0.1) is 0 Å². The Morgan fingerprint density at radius 1 is 1.25 bits per heavy atom. The van der Waals surface area contributed by atoms with Gasteiger partial charge in [-0.3, -0.25) is 4.68 Å². The van der Waals surface area contributed by atoms with Gasteiger partial charge in [0.05, 0.1) is 12.3 Å². The summed E-state index contributed by atoms with van der Waals surface area (Å²) < 4.78 is 1.86. The van der Waals surface area contributed by atoms with E-state index in [0.29, 0.717) is 5.92 Å². The quantitative estimate of drug-likeness (QED) is 0.870. The van der Waals surface area contributed by atoms with Crippen LogP contribution < -0.4 is 0 Å². The minimum atomic E-state index is -0.375. The first-order chi connectivity index (χ1) is 11.6. The zero-order chi connectivity index (χ0) is 16.9. The second-order valence-corrected chi connectivity index (χ2v) is 7.24. The molecule has 0 bridgehead atoms. The molecule has 1 aromatic heterocycles. The summed E-state index contributed by atoms with van der Waals surface area (Å²) in [4.78, 5) is 2.52. The van der Waals surface area contributed by atoms with E-state index in [1.54, 1.807) is 0 Å². The molecule has 0 saturated carbocycles. The highest BCUT2D eigenvalue weighted by molar-refractivity contribution is 6.30. The largest absolute Gasteiger partial charge is 0.388 e. The van der Waals surface area contributed by atoms with E-state index in [1.807, 2.05) is 42.2 Å². The Bertz CT molecular complexity index is 632. The number of aromatic nitrogens is 2. The Morgan fingerprint density at radius 3 is 2.58 bits per heavy atom. The van der Waals surface area contributed by atoms with Crippen molar-refractivity contribution in [1.82, 2.24) is 14.7 Å². The van der Waals surface area contributed by atoms with Gasteiger partial charge in [0, 0.05) is 18.3 Å². The molecule has 0 aliphatic carbocycles. The van der Waals surface area contributed by atoms with Gasteiger partial charge >= 0.3 is 0 Å². The van der Waals surface area contributed by atoms with Crippen LogP contribution in [0.15, 0.2) is 36.7 Å². The molecule has 2 aromatic rings. The number of rotatable bonds is 6. The number of aliphatic hydroxyl groups excluding tert-OH is 1. The van der Waals surface area contributed by atoms with Gasteiger partial charge in [0.15, 0.2) is 0 Å². The molecule has 1 aromatic carbocycles. The topological polar surface area (TPSA) is 41.3 Å². The highest BCUT2D eigenvalue weighted by Crippen LogP contribution is 2.31. The first-order valence-corrected chi connectivity index (χ1v) is 9.13. The van der Waals surface area contributed by atoms with Gasteiger partial charge in [-0.05, 0) is 74.5 Å². The maximum absolute atomic E-state index is 10.6. The first kappa shape index (κ1) is 17.5. The van der Waals surface area contributed by atoms with Gasteiger partial charge in [0.2, 0.25) is 0 Å². The molecule has 2 heterocycles. The summed E-state index contributed by atoms with van der Waals surface area (Å²) in [5, 5.41) is 15.5. The lowest BCUT2D eigenvalue weighted by Crippen LogP contribution is -2.36. The fourth-order valence-corrected chi connectivity index (χ4v) is 3.66. The molecule has 1 unspecified atom stereocenters. The lowest BCUT2D eigenvalue weighted by molar-refractivity contribution is 0.0586. The van der Waals surface area contributed by atoms with Crippen LogP contribution in [0.2, 0.25) is 5.02 Å². The third kappa shape index (κ3) is 4.59. The van der Waals surface area contributed by atoms with Gasteiger partial charge in [-0.1, -0.05) is 23.7 Å². The van der Waals surface area contributed by atoms with Crippen LogP contribution in [0.3, 0.4) is 0 Å². The number of piperidine rings is 1. The zero-order valence-electron chi connectivity index (χ0n) is 14.2. The third-order valence-electron chi connectivity index (χ3n) is 4.99. The highest BCUT2D eigenvalue weighted by atomic mass is 35.5. The molecule has 1 saturated heterocycles. The lowest BCUT2D eigenvalue weighted by atomic mass is 9.87. The summed E-state index contributed by atoms with van der Waals surface area (Å²) in [6.07, 6.45) is 8.02. The Balaban J connectivity index is 1.41. The van der Waals surface area contributed by atoms with E-state index in [2.05, 4.69) is 16.2 Å². The number of aliphatic hydroxyl groups is 1. The molecule has 1 aliphatic rings. The number of nitrogens with zero attached hydrogens (tertiary/aromatic N) is 3.